The van der Waals surface area contributed by atoms with Gasteiger partial charge in [0.15, 0.2) is 5.78 Å². The third kappa shape index (κ3) is 4.99. The van der Waals surface area contributed by atoms with Crippen molar-refractivity contribution in [2.45, 2.75) is 38.8 Å². The second kappa shape index (κ2) is 9.10. The average Bonchev–Trinajstić information content (AvgIpc) is 3.38. The molecule has 2 heterocycles. The Morgan fingerprint density at radius 1 is 1.06 bits per heavy atom. The van der Waals surface area contributed by atoms with Crippen molar-refractivity contribution in [2.75, 3.05) is 0 Å². The van der Waals surface area contributed by atoms with Gasteiger partial charge in [-0.3, -0.25) is 9.79 Å². The Hall–Kier alpha value is -2.80. The Labute approximate surface area is 212 Å². The molecule has 2 aromatic carbocycles. The molecule has 8 heteroatoms. The Kier molecular flexibility index (Phi) is 6.51. The van der Waals surface area contributed by atoms with E-state index in [-0.39, 0.29) is 10.8 Å². The van der Waals surface area contributed by atoms with Crippen LogP contribution in [-0.2, 0) is 10.3 Å². The highest BCUT2D eigenvalue weighted by atomic mass is 35.5. The first-order valence-electron chi connectivity index (χ1n) is 10.5. The highest BCUT2D eigenvalue weighted by Crippen LogP contribution is 2.40. The quantitative estimate of drug-likeness (QED) is 0.268. The summed E-state index contributed by atoms with van der Waals surface area (Å²) in [5.41, 5.74) is 0.293. The van der Waals surface area contributed by atoms with Gasteiger partial charge in [-0.2, -0.15) is 0 Å². The number of nitrogens with zero attached hydrogens (tertiary/aromatic N) is 2. The molecule has 0 N–H and O–H groups in total. The van der Waals surface area contributed by atoms with Gasteiger partial charge in [0.1, 0.15) is 21.0 Å². The molecule has 5 nitrogen and oxygen atoms in total. The van der Waals surface area contributed by atoms with Crippen molar-refractivity contribution in [2.24, 2.45) is 4.99 Å². The van der Waals surface area contributed by atoms with Crippen LogP contribution in [0, 0.1) is 0 Å². The molecule has 0 radical (unpaired) electrons. The van der Waals surface area contributed by atoms with Crippen LogP contribution in [0.5, 0.6) is 0 Å². The summed E-state index contributed by atoms with van der Waals surface area (Å²) in [5.74, 6) is -0.765. The summed E-state index contributed by atoms with van der Waals surface area (Å²) in [6.07, 6.45) is 3.20. The molecule has 1 aliphatic heterocycles. The number of carbonyl (C=O) groups is 2. The van der Waals surface area contributed by atoms with Gasteiger partial charge in [0.05, 0.1) is 10.7 Å². The lowest BCUT2D eigenvalue weighted by molar-refractivity contribution is 0.00726. The van der Waals surface area contributed by atoms with Gasteiger partial charge in [-0.15, -0.1) is 11.3 Å². The minimum Gasteiger partial charge on any atom is -0.456 e. The molecule has 1 unspecified atom stereocenters. The maximum atomic E-state index is 13.1. The van der Waals surface area contributed by atoms with Gasteiger partial charge in [-0.1, -0.05) is 53.5 Å². The number of rotatable bonds is 5. The topological polar surface area (TPSA) is 68.6 Å². The van der Waals surface area contributed by atoms with Crippen LogP contribution >= 0.6 is 34.5 Å². The zero-order chi connectivity index (χ0) is 24.7. The van der Waals surface area contributed by atoms with Crippen molar-refractivity contribution in [3.05, 3.63) is 86.4 Å². The van der Waals surface area contributed by atoms with Crippen LogP contribution in [-0.4, -0.2) is 28.6 Å². The maximum absolute atomic E-state index is 13.1. The number of ketones is 1. The molecule has 1 atom stereocenters. The average molecular weight is 513 g/mol. The van der Waals surface area contributed by atoms with E-state index >= 15 is 0 Å². The molecule has 0 amide bonds. The van der Waals surface area contributed by atoms with E-state index < -0.39 is 17.1 Å². The molecular formula is C26H22Cl2N2O3S. The number of halogens is 2. The first-order chi connectivity index (χ1) is 16.0. The SMILES string of the molecule is CC(C)(C)OC(=O)c1sc(-c2ccccc2)nc1C1(C)C=C(C(=O)c2ccc(Cl)cc2Cl)C=N1. The molecule has 0 spiro atoms. The van der Waals surface area contributed by atoms with Gasteiger partial charge in [0.2, 0.25) is 0 Å². The van der Waals surface area contributed by atoms with Gasteiger partial charge in [-0.25, -0.2) is 9.78 Å². The molecule has 4 rings (SSSR count). The van der Waals surface area contributed by atoms with E-state index in [1.54, 1.807) is 18.2 Å². The van der Waals surface area contributed by atoms with E-state index in [0.29, 0.717) is 31.7 Å². The van der Waals surface area contributed by atoms with E-state index in [9.17, 15) is 9.59 Å². The van der Waals surface area contributed by atoms with E-state index in [1.165, 1.54) is 23.6 Å². The minimum atomic E-state index is -1.03. The molecular weight excluding hydrogens is 491 g/mol. The smallest absolute Gasteiger partial charge is 0.350 e. The van der Waals surface area contributed by atoms with Crippen LogP contribution in [0.4, 0.5) is 0 Å². The highest BCUT2D eigenvalue weighted by molar-refractivity contribution is 7.17. The standard InChI is InChI=1S/C26H22Cl2N2O3S/c1-25(2,3)33-24(32)21-22(30-23(34-21)15-8-6-5-7-9-15)26(4)13-16(14-29-26)20(31)18-11-10-17(27)12-19(18)28/h5-14H,1-4H3. The maximum Gasteiger partial charge on any atom is 0.350 e. The Morgan fingerprint density at radius 2 is 1.76 bits per heavy atom. The predicted octanol–water partition coefficient (Wildman–Crippen LogP) is 7.18. The number of esters is 1. The number of hydrogen-bond donors (Lipinski definition) is 0. The van der Waals surface area contributed by atoms with Crippen LogP contribution in [0.1, 0.15) is 53.4 Å². The molecule has 1 aliphatic rings. The molecule has 34 heavy (non-hydrogen) atoms. The molecule has 174 valence electrons. The third-order valence-corrected chi connectivity index (χ3v) is 6.69. The number of Topliss-reactive ketones (excluding diaryl/α,β-unsaturated/α-hetero) is 1. The first-order valence-corrected chi connectivity index (χ1v) is 12.1. The van der Waals surface area contributed by atoms with Crippen molar-refractivity contribution >= 4 is 52.5 Å². The van der Waals surface area contributed by atoms with Crippen LogP contribution in [0.2, 0.25) is 10.0 Å². The lowest BCUT2D eigenvalue weighted by atomic mass is 9.94. The van der Waals surface area contributed by atoms with E-state index in [2.05, 4.69) is 4.99 Å². The van der Waals surface area contributed by atoms with Crippen LogP contribution in [0.15, 0.2) is 65.2 Å². The van der Waals surface area contributed by atoms with Crippen molar-refractivity contribution in [1.29, 1.82) is 0 Å². The first kappa shape index (κ1) is 24.3. The van der Waals surface area contributed by atoms with E-state index in [0.717, 1.165) is 5.56 Å². The van der Waals surface area contributed by atoms with Crippen molar-refractivity contribution in [3.63, 3.8) is 0 Å². The largest absolute Gasteiger partial charge is 0.456 e. The van der Waals surface area contributed by atoms with Crippen molar-refractivity contribution in [3.8, 4) is 10.6 Å². The fourth-order valence-electron chi connectivity index (χ4n) is 3.49. The second-order valence-corrected chi connectivity index (χ2v) is 10.9. The number of hydrogen-bond acceptors (Lipinski definition) is 6. The fourth-order valence-corrected chi connectivity index (χ4v) is 5.05. The Morgan fingerprint density at radius 3 is 2.41 bits per heavy atom. The second-order valence-electron chi connectivity index (χ2n) is 9.02. The zero-order valence-electron chi connectivity index (χ0n) is 19.1. The summed E-state index contributed by atoms with van der Waals surface area (Å²) in [6, 6.07) is 14.3. The van der Waals surface area contributed by atoms with Gasteiger partial charge in [-0.05, 0) is 52.0 Å². The monoisotopic (exact) mass is 512 g/mol. The zero-order valence-corrected chi connectivity index (χ0v) is 21.4. The summed E-state index contributed by atoms with van der Waals surface area (Å²) in [6.45, 7) is 7.24. The summed E-state index contributed by atoms with van der Waals surface area (Å²) < 4.78 is 5.65. The summed E-state index contributed by atoms with van der Waals surface area (Å²) >= 11 is 13.5. The normalized spacial score (nSPS) is 17.5. The number of allylic oxidation sites excluding steroid dienone is 1. The number of aliphatic imine (C=N–C) groups is 1. The Balaban J connectivity index is 1.77. The predicted molar refractivity (Wildman–Crippen MR) is 137 cm³/mol. The van der Waals surface area contributed by atoms with Crippen LogP contribution in [0.3, 0.4) is 0 Å². The number of ether oxygens (including phenoxy) is 1. The molecule has 1 aromatic heterocycles. The minimum absolute atomic E-state index is 0.259. The number of carbonyl (C=O) groups excluding carboxylic acids is 2. The Bertz CT molecular complexity index is 1340. The number of benzene rings is 2. The van der Waals surface area contributed by atoms with Crippen molar-refractivity contribution in [1.82, 2.24) is 4.98 Å². The van der Waals surface area contributed by atoms with Crippen LogP contribution in [0.25, 0.3) is 10.6 Å². The van der Waals surface area contributed by atoms with Gasteiger partial charge in [0, 0.05) is 27.9 Å². The molecule has 0 fully saturated rings. The molecule has 3 aromatic rings. The van der Waals surface area contributed by atoms with Gasteiger partial charge >= 0.3 is 5.97 Å². The molecule has 0 aliphatic carbocycles. The fraction of sp³-hybridized carbons (Fsp3) is 0.231. The number of aromatic nitrogens is 1. The number of thiazole rings is 1. The molecule has 0 saturated heterocycles. The molecule has 0 saturated carbocycles. The summed E-state index contributed by atoms with van der Waals surface area (Å²) in [4.78, 5) is 36.0. The van der Waals surface area contributed by atoms with E-state index in [4.69, 9.17) is 32.9 Å². The van der Waals surface area contributed by atoms with E-state index in [1.807, 2.05) is 58.0 Å². The third-order valence-electron chi connectivity index (χ3n) is 5.06. The molecule has 0 bridgehead atoms. The highest BCUT2D eigenvalue weighted by Gasteiger charge is 2.38. The lowest BCUT2D eigenvalue weighted by Gasteiger charge is -2.21. The summed E-state index contributed by atoms with van der Waals surface area (Å²) in [7, 11) is 0. The van der Waals surface area contributed by atoms with Gasteiger partial charge in [0.25, 0.3) is 0 Å². The van der Waals surface area contributed by atoms with Crippen LogP contribution < -0.4 is 0 Å². The van der Waals surface area contributed by atoms with Crippen molar-refractivity contribution < 1.29 is 14.3 Å². The summed E-state index contributed by atoms with van der Waals surface area (Å²) in [5, 5.41) is 1.37. The van der Waals surface area contributed by atoms with Gasteiger partial charge < -0.3 is 4.74 Å². The lowest BCUT2D eigenvalue weighted by Crippen LogP contribution is -2.26.